The van der Waals surface area contributed by atoms with Crippen molar-refractivity contribution in [2.75, 3.05) is 18.8 Å². The Morgan fingerprint density at radius 1 is 1.56 bits per heavy atom. The number of hydrogen-bond acceptors (Lipinski definition) is 3. The zero-order valence-electron chi connectivity index (χ0n) is 10.4. The highest BCUT2D eigenvalue weighted by molar-refractivity contribution is 5.80. The second-order valence-electron chi connectivity index (χ2n) is 3.86. The summed E-state index contributed by atoms with van der Waals surface area (Å²) in [4.78, 5) is 13.8. The number of carbonyl (C=O) groups is 1. The highest BCUT2D eigenvalue weighted by atomic mass is 16.2. The Hall–Kier alpha value is -1.52. The second kappa shape index (κ2) is 5.01. The van der Waals surface area contributed by atoms with Gasteiger partial charge in [0.25, 0.3) is 0 Å². The summed E-state index contributed by atoms with van der Waals surface area (Å²) in [7, 11) is 0. The fourth-order valence-corrected chi connectivity index (χ4v) is 1.61. The van der Waals surface area contributed by atoms with Gasteiger partial charge in [-0.05, 0) is 27.7 Å². The van der Waals surface area contributed by atoms with E-state index in [9.17, 15) is 4.79 Å². The van der Waals surface area contributed by atoms with Gasteiger partial charge in [0, 0.05) is 24.8 Å². The molecule has 0 bridgehead atoms. The van der Waals surface area contributed by atoms with E-state index in [1.807, 2.05) is 27.7 Å². The number of carbonyl (C=O) groups excluding carboxylic acids is 1. The summed E-state index contributed by atoms with van der Waals surface area (Å²) < 4.78 is 1.63. The largest absolute Gasteiger partial charge is 0.382 e. The molecule has 0 radical (unpaired) electrons. The number of nitrogens with zero attached hydrogens (tertiary/aromatic N) is 3. The van der Waals surface area contributed by atoms with Crippen molar-refractivity contribution >= 4 is 11.7 Å². The molecule has 1 aromatic rings. The van der Waals surface area contributed by atoms with E-state index in [-0.39, 0.29) is 11.9 Å². The first kappa shape index (κ1) is 12.5. The lowest BCUT2D eigenvalue weighted by Gasteiger charge is -2.22. The van der Waals surface area contributed by atoms with Crippen LogP contribution in [-0.2, 0) is 4.79 Å². The fourth-order valence-electron chi connectivity index (χ4n) is 1.61. The summed E-state index contributed by atoms with van der Waals surface area (Å²) in [5, 5.41) is 4.13. The molecule has 0 spiro atoms. The fraction of sp³-hybridized carbons (Fsp3) is 0.636. The Labute approximate surface area is 96.2 Å². The van der Waals surface area contributed by atoms with Crippen LogP contribution in [0.1, 0.15) is 32.4 Å². The van der Waals surface area contributed by atoms with Crippen LogP contribution in [0.3, 0.4) is 0 Å². The zero-order chi connectivity index (χ0) is 12.3. The molecule has 0 fully saturated rings. The van der Waals surface area contributed by atoms with Gasteiger partial charge >= 0.3 is 0 Å². The van der Waals surface area contributed by atoms with E-state index in [0.29, 0.717) is 5.82 Å². The molecule has 90 valence electrons. The van der Waals surface area contributed by atoms with Crippen LogP contribution >= 0.6 is 0 Å². The summed E-state index contributed by atoms with van der Waals surface area (Å²) in [6, 6.07) is -0.295. The lowest BCUT2D eigenvalue weighted by molar-refractivity contribution is -0.134. The molecule has 0 aromatic carbocycles. The number of rotatable bonds is 4. The maximum atomic E-state index is 12.1. The summed E-state index contributed by atoms with van der Waals surface area (Å²) in [6.07, 6.45) is 1.81. The van der Waals surface area contributed by atoms with E-state index in [1.54, 1.807) is 15.8 Å². The quantitative estimate of drug-likeness (QED) is 0.836. The van der Waals surface area contributed by atoms with E-state index in [1.165, 1.54) is 0 Å². The molecule has 0 aliphatic heterocycles. The van der Waals surface area contributed by atoms with Crippen LogP contribution in [0.5, 0.6) is 0 Å². The number of likely N-dealkylation sites (N-methyl/N-ethyl adjacent to an activating group) is 1. The van der Waals surface area contributed by atoms with Crippen molar-refractivity contribution in [1.82, 2.24) is 14.7 Å². The van der Waals surface area contributed by atoms with Gasteiger partial charge in [0.15, 0.2) is 0 Å². The van der Waals surface area contributed by atoms with Crippen LogP contribution in [0.2, 0.25) is 0 Å². The predicted molar refractivity (Wildman–Crippen MR) is 64.0 cm³/mol. The third-order valence-electron chi connectivity index (χ3n) is 2.78. The van der Waals surface area contributed by atoms with E-state index in [0.717, 1.165) is 18.7 Å². The number of nitrogens with two attached hydrogens (primary N) is 1. The van der Waals surface area contributed by atoms with Crippen molar-refractivity contribution in [1.29, 1.82) is 0 Å². The molecule has 1 rings (SSSR count). The summed E-state index contributed by atoms with van der Waals surface area (Å²) in [5.74, 6) is 0.562. The highest BCUT2D eigenvalue weighted by Gasteiger charge is 2.20. The maximum absolute atomic E-state index is 12.1. The van der Waals surface area contributed by atoms with Crippen LogP contribution in [0.25, 0.3) is 0 Å². The van der Waals surface area contributed by atoms with Gasteiger partial charge in [-0.2, -0.15) is 5.10 Å². The van der Waals surface area contributed by atoms with E-state index in [4.69, 9.17) is 5.73 Å². The number of aromatic nitrogens is 2. The van der Waals surface area contributed by atoms with Crippen LogP contribution in [-0.4, -0.2) is 33.7 Å². The highest BCUT2D eigenvalue weighted by Crippen LogP contribution is 2.14. The molecule has 1 amide bonds. The van der Waals surface area contributed by atoms with Gasteiger partial charge in [0.1, 0.15) is 11.9 Å². The summed E-state index contributed by atoms with van der Waals surface area (Å²) >= 11 is 0. The van der Waals surface area contributed by atoms with Gasteiger partial charge in [0.2, 0.25) is 5.91 Å². The molecule has 0 saturated heterocycles. The van der Waals surface area contributed by atoms with Crippen LogP contribution in [0.15, 0.2) is 6.20 Å². The topological polar surface area (TPSA) is 64.2 Å². The van der Waals surface area contributed by atoms with E-state index in [2.05, 4.69) is 5.10 Å². The molecule has 5 heteroatoms. The SMILES string of the molecule is CCN(CC)C(=O)C(C)n1cc(C)c(N)n1. The predicted octanol–water partition coefficient (Wildman–Crippen LogP) is 1.20. The van der Waals surface area contributed by atoms with Crippen LogP contribution in [0, 0.1) is 6.92 Å². The minimum atomic E-state index is -0.295. The van der Waals surface area contributed by atoms with Gasteiger partial charge in [-0.15, -0.1) is 0 Å². The molecule has 1 unspecified atom stereocenters. The smallest absolute Gasteiger partial charge is 0.247 e. The molecule has 0 aliphatic carbocycles. The monoisotopic (exact) mass is 224 g/mol. The standard InChI is InChI=1S/C11H20N4O/c1-5-14(6-2)11(16)9(4)15-7-8(3)10(12)13-15/h7,9H,5-6H2,1-4H3,(H2,12,13). The Morgan fingerprint density at radius 2 is 2.12 bits per heavy atom. The Balaban J connectivity index is 2.85. The maximum Gasteiger partial charge on any atom is 0.247 e. The van der Waals surface area contributed by atoms with Crippen molar-refractivity contribution in [3.63, 3.8) is 0 Å². The number of amides is 1. The van der Waals surface area contributed by atoms with Crippen molar-refractivity contribution in [2.24, 2.45) is 0 Å². The molecule has 1 atom stereocenters. The molecular formula is C11H20N4O. The number of nitrogen functional groups attached to an aromatic ring is 1. The Kier molecular flexibility index (Phi) is 3.93. The number of hydrogen-bond donors (Lipinski definition) is 1. The normalized spacial score (nSPS) is 12.5. The first-order valence-electron chi connectivity index (χ1n) is 5.61. The lowest BCUT2D eigenvalue weighted by Crippen LogP contribution is -2.36. The molecule has 0 aliphatic rings. The van der Waals surface area contributed by atoms with Gasteiger partial charge in [0.05, 0.1) is 0 Å². The first-order valence-corrected chi connectivity index (χ1v) is 5.61. The van der Waals surface area contributed by atoms with Crippen LogP contribution < -0.4 is 5.73 Å². The van der Waals surface area contributed by atoms with Crippen molar-refractivity contribution in [3.05, 3.63) is 11.8 Å². The summed E-state index contributed by atoms with van der Waals surface area (Å²) in [5.41, 5.74) is 6.56. The summed E-state index contributed by atoms with van der Waals surface area (Å²) in [6.45, 7) is 9.10. The molecule has 1 heterocycles. The first-order chi connectivity index (χ1) is 7.51. The third-order valence-corrected chi connectivity index (χ3v) is 2.78. The van der Waals surface area contributed by atoms with Gasteiger partial charge in [-0.3, -0.25) is 9.48 Å². The molecule has 0 saturated carbocycles. The molecule has 1 aromatic heterocycles. The lowest BCUT2D eigenvalue weighted by atomic mass is 10.3. The van der Waals surface area contributed by atoms with Crippen molar-refractivity contribution < 1.29 is 4.79 Å². The minimum absolute atomic E-state index is 0.0764. The zero-order valence-corrected chi connectivity index (χ0v) is 10.4. The Morgan fingerprint density at radius 3 is 2.50 bits per heavy atom. The number of anilines is 1. The van der Waals surface area contributed by atoms with Crippen molar-refractivity contribution in [2.45, 2.75) is 33.7 Å². The van der Waals surface area contributed by atoms with Crippen LogP contribution in [0.4, 0.5) is 5.82 Å². The van der Waals surface area contributed by atoms with E-state index < -0.39 is 0 Å². The van der Waals surface area contributed by atoms with Gasteiger partial charge in [-0.25, -0.2) is 0 Å². The molecule has 2 N–H and O–H groups in total. The average Bonchev–Trinajstić information content (AvgIpc) is 2.59. The molecular weight excluding hydrogens is 204 g/mol. The van der Waals surface area contributed by atoms with Gasteiger partial charge < -0.3 is 10.6 Å². The number of aryl methyl sites for hydroxylation is 1. The Bertz CT molecular complexity index is 349. The van der Waals surface area contributed by atoms with E-state index >= 15 is 0 Å². The minimum Gasteiger partial charge on any atom is -0.382 e. The average molecular weight is 224 g/mol. The van der Waals surface area contributed by atoms with Gasteiger partial charge in [-0.1, -0.05) is 0 Å². The third kappa shape index (κ3) is 2.35. The molecule has 16 heavy (non-hydrogen) atoms. The molecule has 5 nitrogen and oxygen atoms in total. The van der Waals surface area contributed by atoms with Crippen molar-refractivity contribution in [3.8, 4) is 0 Å². The second-order valence-corrected chi connectivity index (χ2v) is 3.86.